The van der Waals surface area contributed by atoms with Gasteiger partial charge in [0.15, 0.2) is 5.13 Å². The molecule has 174 valence electrons. The predicted molar refractivity (Wildman–Crippen MR) is 135 cm³/mol. The molecule has 4 aromatic rings. The highest BCUT2D eigenvalue weighted by molar-refractivity contribution is 7.92. The average Bonchev–Trinajstić information content (AvgIpc) is 3.18. The smallest absolute Gasteiger partial charge is 0.262 e. The Kier molecular flexibility index (Phi) is 6.95. The number of amides is 1. The van der Waals surface area contributed by atoms with E-state index in [9.17, 15) is 13.2 Å². The first kappa shape index (κ1) is 23.5. The summed E-state index contributed by atoms with van der Waals surface area (Å²) in [5.74, 6) is 0.188. The molecule has 0 radical (unpaired) electrons. The number of aryl methyl sites for hydroxylation is 1. The van der Waals surface area contributed by atoms with Crippen molar-refractivity contribution in [1.82, 2.24) is 4.98 Å². The standard InChI is InChI=1S/C25H23N3O4S2/c1-17-24(33-25(26-17)27-18(2)29)20-13-14-22(28-34(30,31)21-11-7-4-8-12-21)23(15-20)32-16-19-9-5-3-6-10-19/h3-15,28H,16H2,1-2H3,(H,26,27,29). The van der Waals surface area contributed by atoms with Crippen molar-refractivity contribution >= 4 is 38.1 Å². The summed E-state index contributed by atoms with van der Waals surface area (Å²) in [4.78, 5) is 16.8. The lowest BCUT2D eigenvalue weighted by Crippen LogP contribution is -2.14. The van der Waals surface area contributed by atoms with Gasteiger partial charge in [0.2, 0.25) is 5.91 Å². The van der Waals surface area contributed by atoms with Gasteiger partial charge < -0.3 is 10.1 Å². The quantitative estimate of drug-likeness (QED) is 0.340. The zero-order chi connectivity index (χ0) is 24.1. The maximum Gasteiger partial charge on any atom is 0.262 e. The van der Waals surface area contributed by atoms with Crippen LogP contribution in [0.25, 0.3) is 10.4 Å². The lowest BCUT2D eigenvalue weighted by Gasteiger charge is -2.15. The fourth-order valence-corrected chi connectivity index (χ4v) is 5.37. The monoisotopic (exact) mass is 493 g/mol. The number of ether oxygens (including phenoxy) is 1. The number of nitrogens with zero attached hydrogens (tertiary/aromatic N) is 1. The molecule has 4 rings (SSSR count). The molecular formula is C25H23N3O4S2. The van der Waals surface area contributed by atoms with Crippen LogP contribution in [-0.2, 0) is 21.4 Å². The molecule has 9 heteroatoms. The zero-order valence-corrected chi connectivity index (χ0v) is 20.2. The molecule has 0 aliphatic rings. The van der Waals surface area contributed by atoms with Gasteiger partial charge in [-0.05, 0) is 42.3 Å². The number of thiazole rings is 1. The molecule has 1 heterocycles. The first-order valence-electron chi connectivity index (χ1n) is 10.5. The van der Waals surface area contributed by atoms with Crippen molar-refractivity contribution in [2.24, 2.45) is 0 Å². The summed E-state index contributed by atoms with van der Waals surface area (Å²) < 4.78 is 34.6. The number of benzene rings is 3. The van der Waals surface area contributed by atoms with E-state index in [4.69, 9.17) is 4.74 Å². The van der Waals surface area contributed by atoms with E-state index >= 15 is 0 Å². The fourth-order valence-electron chi connectivity index (χ4n) is 3.27. The summed E-state index contributed by atoms with van der Waals surface area (Å²) in [6.07, 6.45) is 0. The average molecular weight is 494 g/mol. The van der Waals surface area contributed by atoms with Crippen LogP contribution in [0, 0.1) is 6.92 Å². The SMILES string of the molecule is CC(=O)Nc1nc(C)c(-c2ccc(NS(=O)(=O)c3ccccc3)c(OCc3ccccc3)c2)s1. The summed E-state index contributed by atoms with van der Waals surface area (Å²) in [6.45, 7) is 3.55. The Balaban J connectivity index is 1.69. The molecule has 2 N–H and O–H groups in total. The largest absolute Gasteiger partial charge is 0.487 e. The zero-order valence-electron chi connectivity index (χ0n) is 18.6. The minimum absolute atomic E-state index is 0.159. The lowest BCUT2D eigenvalue weighted by atomic mass is 10.1. The normalized spacial score (nSPS) is 11.1. The molecule has 0 aliphatic heterocycles. The van der Waals surface area contributed by atoms with Crippen LogP contribution >= 0.6 is 11.3 Å². The van der Waals surface area contributed by atoms with Crippen molar-refractivity contribution in [3.8, 4) is 16.2 Å². The molecule has 0 bridgehead atoms. The number of aromatic nitrogens is 1. The minimum Gasteiger partial charge on any atom is -0.487 e. The molecular weight excluding hydrogens is 470 g/mol. The Morgan fingerprint density at radius 2 is 1.68 bits per heavy atom. The van der Waals surface area contributed by atoms with Crippen LogP contribution in [0.4, 0.5) is 10.8 Å². The second kappa shape index (κ2) is 10.1. The topological polar surface area (TPSA) is 97.4 Å². The molecule has 0 atom stereocenters. The van der Waals surface area contributed by atoms with E-state index in [2.05, 4.69) is 15.0 Å². The van der Waals surface area contributed by atoms with Crippen molar-refractivity contribution in [2.75, 3.05) is 10.0 Å². The summed E-state index contributed by atoms with van der Waals surface area (Å²) >= 11 is 1.34. The van der Waals surface area contributed by atoms with Crippen LogP contribution in [-0.4, -0.2) is 19.3 Å². The number of sulfonamides is 1. The van der Waals surface area contributed by atoms with E-state index in [1.54, 1.807) is 36.4 Å². The number of hydrogen-bond acceptors (Lipinski definition) is 6. The number of carbonyl (C=O) groups is 1. The van der Waals surface area contributed by atoms with Crippen molar-refractivity contribution in [2.45, 2.75) is 25.3 Å². The van der Waals surface area contributed by atoms with Gasteiger partial charge in [-0.25, -0.2) is 13.4 Å². The minimum atomic E-state index is -3.80. The molecule has 0 spiro atoms. The maximum atomic E-state index is 12.9. The third-order valence-electron chi connectivity index (χ3n) is 4.86. The summed E-state index contributed by atoms with van der Waals surface area (Å²) in [6, 6.07) is 23.0. The molecule has 0 aliphatic carbocycles. The molecule has 0 fully saturated rings. The Morgan fingerprint density at radius 1 is 1.00 bits per heavy atom. The number of carbonyl (C=O) groups excluding carboxylic acids is 1. The Morgan fingerprint density at radius 3 is 2.35 bits per heavy atom. The number of anilines is 2. The van der Waals surface area contributed by atoms with E-state index in [0.29, 0.717) is 16.6 Å². The summed E-state index contributed by atoms with van der Waals surface area (Å²) in [5.41, 5.74) is 2.83. The number of nitrogens with one attached hydrogen (secondary N) is 2. The van der Waals surface area contributed by atoms with E-state index in [1.807, 2.05) is 37.3 Å². The van der Waals surface area contributed by atoms with Gasteiger partial charge in [0.25, 0.3) is 10.0 Å². The molecule has 34 heavy (non-hydrogen) atoms. The van der Waals surface area contributed by atoms with Crippen LogP contribution < -0.4 is 14.8 Å². The predicted octanol–water partition coefficient (Wildman–Crippen LogP) is 5.46. The van der Waals surface area contributed by atoms with Crippen LogP contribution in [0.15, 0.2) is 83.8 Å². The van der Waals surface area contributed by atoms with Crippen molar-refractivity contribution in [1.29, 1.82) is 0 Å². The molecule has 1 aromatic heterocycles. The first-order valence-corrected chi connectivity index (χ1v) is 12.8. The van der Waals surface area contributed by atoms with Crippen LogP contribution in [0.3, 0.4) is 0 Å². The molecule has 0 saturated carbocycles. The van der Waals surface area contributed by atoms with E-state index in [1.165, 1.54) is 30.4 Å². The third kappa shape index (κ3) is 5.62. The van der Waals surface area contributed by atoms with Gasteiger partial charge in [-0.2, -0.15) is 0 Å². The Bertz CT molecular complexity index is 1400. The lowest BCUT2D eigenvalue weighted by molar-refractivity contribution is -0.114. The number of rotatable bonds is 8. The second-order valence-electron chi connectivity index (χ2n) is 7.52. The highest BCUT2D eigenvalue weighted by atomic mass is 32.2. The number of hydrogen-bond donors (Lipinski definition) is 2. The summed E-state index contributed by atoms with van der Waals surface area (Å²) in [5, 5.41) is 3.20. The fraction of sp³-hybridized carbons (Fsp3) is 0.120. The molecule has 7 nitrogen and oxygen atoms in total. The van der Waals surface area contributed by atoms with E-state index < -0.39 is 10.0 Å². The van der Waals surface area contributed by atoms with Crippen molar-refractivity contribution in [3.63, 3.8) is 0 Å². The Hall–Kier alpha value is -3.69. The van der Waals surface area contributed by atoms with Gasteiger partial charge in [0.05, 0.1) is 21.2 Å². The van der Waals surface area contributed by atoms with Gasteiger partial charge in [-0.1, -0.05) is 65.9 Å². The highest BCUT2D eigenvalue weighted by Crippen LogP contribution is 2.38. The molecule has 0 unspecified atom stereocenters. The van der Waals surface area contributed by atoms with Gasteiger partial charge >= 0.3 is 0 Å². The van der Waals surface area contributed by atoms with Crippen LogP contribution in [0.5, 0.6) is 5.75 Å². The first-order chi connectivity index (χ1) is 16.3. The molecule has 1 amide bonds. The van der Waals surface area contributed by atoms with Gasteiger partial charge in [0.1, 0.15) is 12.4 Å². The second-order valence-corrected chi connectivity index (χ2v) is 10.2. The van der Waals surface area contributed by atoms with E-state index in [0.717, 1.165) is 21.7 Å². The van der Waals surface area contributed by atoms with Gasteiger partial charge in [-0.3, -0.25) is 9.52 Å². The molecule has 3 aromatic carbocycles. The van der Waals surface area contributed by atoms with Gasteiger partial charge in [-0.15, -0.1) is 0 Å². The van der Waals surface area contributed by atoms with E-state index in [-0.39, 0.29) is 17.4 Å². The summed E-state index contributed by atoms with van der Waals surface area (Å²) in [7, 11) is -3.80. The Labute approximate surface area is 202 Å². The highest BCUT2D eigenvalue weighted by Gasteiger charge is 2.19. The third-order valence-corrected chi connectivity index (χ3v) is 7.36. The van der Waals surface area contributed by atoms with Crippen molar-refractivity contribution < 1.29 is 17.9 Å². The van der Waals surface area contributed by atoms with Crippen LogP contribution in [0.2, 0.25) is 0 Å². The van der Waals surface area contributed by atoms with Crippen LogP contribution in [0.1, 0.15) is 18.2 Å². The van der Waals surface area contributed by atoms with Gasteiger partial charge in [0, 0.05) is 6.92 Å². The van der Waals surface area contributed by atoms with Crippen molar-refractivity contribution in [3.05, 3.63) is 90.1 Å². The molecule has 0 saturated heterocycles. The maximum absolute atomic E-state index is 12.9.